The van der Waals surface area contributed by atoms with Crippen LogP contribution in [0.4, 0.5) is 11.4 Å². The SMILES string of the molecule is CC(Sc1ccc(Cl)cc1)C(=O)Nc1ccc(NC(=O)c2cccs2)cc1. The first kappa shape index (κ1) is 19.5. The van der Waals surface area contributed by atoms with E-state index < -0.39 is 0 Å². The molecule has 0 aliphatic carbocycles. The van der Waals surface area contributed by atoms with Gasteiger partial charge in [-0.2, -0.15) is 0 Å². The van der Waals surface area contributed by atoms with Gasteiger partial charge in [0.1, 0.15) is 0 Å². The van der Waals surface area contributed by atoms with Gasteiger partial charge in [-0.15, -0.1) is 23.1 Å². The van der Waals surface area contributed by atoms with Crippen molar-refractivity contribution in [3.63, 3.8) is 0 Å². The van der Waals surface area contributed by atoms with Crippen LogP contribution in [0.5, 0.6) is 0 Å². The number of anilines is 2. The van der Waals surface area contributed by atoms with Gasteiger partial charge in [0, 0.05) is 21.3 Å². The summed E-state index contributed by atoms with van der Waals surface area (Å²) in [5, 5.41) is 7.98. The summed E-state index contributed by atoms with van der Waals surface area (Å²) in [4.78, 5) is 26.0. The summed E-state index contributed by atoms with van der Waals surface area (Å²) in [5.74, 6) is -0.236. The van der Waals surface area contributed by atoms with E-state index >= 15 is 0 Å². The van der Waals surface area contributed by atoms with Gasteiger partial charge in [-0.3, -0.25) is 9.59 Å². The molecule has 0 aliphatic rings. The van der Waals surface area contributed by atoms with Crippen molar-refractivity contribution in [2.75, 3.05) is 10.6 Å². The summed E-state index contributed by atoms with van der Waals surface area (Å²) in [6.07, 6.45) is 0. The second-order valence-electron chi connectivity index (χ2n) is 5.71. The van der Waals surface area contributed by atoms with Gasteiger partial charge in [0.05, 0.1) is 10.1 Å². The first-order chi connectivity index (χ1) is 13.0. The number of nitrogens with one attached hydrogen (secondary N) is 2. The highest BCUT2D eigenvalue weighted by Gasteiger charge is 2.15. The van der Waals surface area contributed by atoms with Crippen molar-refractivity contribution in [1.29, 1.82) is 0 Å². The van der Waals surface area contributed by atoms with Gasteiger partial charge in [0.15, 0.2) is 0 Å². The minimum absolute atomic E-state index is 0.0923. The highest BCUT2D eigenvalue weighted by molar-refractivity contribution is 8.00. The second kappa shape index (κ2) is 9.08. The van der Waals surface area contributed by atoms with Gasteiger partial charge >= 0.3 is 0 Å². The molecule has 3 aromatic rings. The molecule has 2 aromatic carbocycles. The van der Waals surface area contributed by atoms with E-state index in [1.165, 1.54) is 23.1 Å². The topological polar surface area (TPSA) is 58.2 Å². The highest BCUT2D eigenvalue weighted by atomic mass is 35.5. The zero-order chi connectivity index (χ0) is 19.2. The van der Waals surface area contributed by atoms with E-state index in [2.05, 4.69) is 10.6 Å². The van der Waals surface area contributed by atoms with E-state index in [-0.39, 0.29) is 17.1 Å². The summed E-state index contributed by atoms with van der Waals surface area (Å²) >= 11 is 8.73. The number of rotatable bonds is 6. The van der Waals surface area contributed by atoms with Gasteiger partial charge < -0.3 is 10.6 Å². The van der Waals surface area contributed by atoms with Gasteiger partial charge in [-0.25, -0.2) is 0 Å². The highest BCUT2D eigenvalue weighted by Crippen LogP contribution is 2.26. The molecule has 0 radical (unpaired) electrons. The van der Waals surface area contributed by atoms with Crippen LogP contribution in [-0.2, 0) is 4.79 Å². The molecule has 7 heteroatoms. The number of thioether (sulfide) groups is 1. The van der Waals surface area contributed by atoms with Crippen LogP contribution in [0.1, 0.15) is 16.6 Å². The predicted molar refractivity (Wildman–Crippen MR) is 114 cm³/mol. The average Bonchev–Trinajstić information content (AvgIpc) is 3.20. The maximum Gasteiger partial charge on any atom is 0.265 e. The van der Waals surface area contributed by atoms with Gasteiger partial charge in [-0.05, 0) is 66.9 Å². The fraction of sp³-hybridized carbons (Fsp3) is 0.100. The molecule has 0 spiro atoms. The van der Waals surface area contributed by atoms with Crippen molar-refractivity contribution < 1.29 is 9.59 Å². The van der Waals surface area contributed by atoms with Crippen LogP contribution in [0.15, 0.2) is 70.9 Å². The zero-order valence-corrected chi connectivity index (χ0v) is 16.8. The van der Waals surface area contributed by atoms with Crippen molar-refractivity contribution in [3.05, 3.63) is 75.9 Å². The van der Waals surface area contributed by atoms with Crippen LogP contribution in [0, 0.1) is 0 Å². The Labute approximate surface area is 170 Å². The quantitative estimate of drug-likeness (QED) is 0.501. The Kier molecular flexibility index (Phi) is 6.55. The molecule has 138 valence electrons. The third-order valence-corrected chi connectivity index (χ3v) is 5.88. The molecule has 27 heavy (non-hydrogen) atoms. The van der Waals surface area contributed by atoms with Crippen molar-refractivity contribution in [1.82, 2.24) is 0 Å². The number of carbonyl (C=O) groups excluding carboxylic acids is 2. The van der Waals surface area contributed by atoms with E-state index in [1.807, 2.05) is 30.5 Å². The zero-order valence-electron chi connectivity index (χ0n) is 14.4. The fourth-order valence-electron chi connectivity index (χ4n) is 2.25. The molecule has 0 fully saturated rings. The Hall–Kier alpha value is -2.28. The summed E-state index contributed by atoms with van der Waals surface area (Å²) in [7, 11) is 0. The van der Waals surface area contributed by atoms with Crippen LogP contribution < -0.4 is 10.6 Å². The monoisotopic (exact) mass is 416 g/mol. The number of amides is 2. The molecule has 0 bridgehead atoms. The van der Waals surface area contributed by atoms with Crippen LogP contribution in [0.3, 0.4) is 0 Å². The van der Waals surface area contributed by atoms with Crippen molar-refractivity contribution in [2.24, 2.45) is 0 Å². The number of hydrogen-bond donors (Lipinski definition) is 2. The predicted octanol–water partition coefficient (Wildman–Crippen LogP) is 5.77. The fourth-order valence-corrected chi connectivity index (χ4v) is 3.86. The van der Waals surface area contributed by atoms with Crippen LogP contribution in [0.2, 0.25) is 5.02 Å². The Balaban J connectivity index is 1.54. The first-order valence-electron chi connectivity index (χ1n) is 8.19. The largest absolute Gasteiger partial charge is 0.325 e. The Morgan fingerprint density at radius 3 is 2.19 bits per heavy atom. The molecular weight excluding hydrogens is 400 g/mol. The number of hydrogen-bond acceptors (Lipinski definition) is 4. The van der Waals surface area contributed by atoms with Crippen LogP contribution in [0.25, 0.3) is 0 Å². The lowest BCUT2D eigenvalue weighted by Crippen LogP contribution is -2.22. The van der Waals surface area contributed by atoms with Crippen LogP contribution >= 0.6 is 34.7 Å². The van der Waals surface area contributed by atoms with Crippen LogP contribution in [-0.4, -0.2) is 17.1 Å². The lowest BCUT2D eigenvalue weighted by molar-refractivity contribution is -0.115. The maximum atomic E-state index is 12.4. The molecule has 1 heterocycles. The van der Waals surface area contributed by atoms with E-state index in [1.54, 1.807) is 42.5 Å². The van der Waals surface area contributed by atoms with Crippen molar-refractivity contribution >= 4 is 57.9 Å². The molecule has 4 nitrogen and oxygen atoms in total. The van der Waals surface area contributed by atoms with E-state index in [4.69, 9.17) is 11.6 Å². The minimum Gasteiger partial charge on any atom is -0.325 e. The number of benzene rings is 2. The van der Waals surface area contributed by atoms with E-state index in [9.17, 15) is 9.59 Å². The number of thiophene rings is 1. The minimum atomic E-state index is -0.260. The van der Waals surface area contributed by atoms with Gasteiger partial charge in [-0.1, -0.05) is 17.7 Å². The molecule has 0 saturated carbocycles. The smallest absolute Gasteiger partial charge is 0.265 e. The lowest BCUT2D eigenvalue weighted by Gasteiger charge is -2.12. The second-order valence-corrected chi connectivity index (χ2v) is 8.51. The first-order valence-corrected chi connectivity index (χ1v) is 10.3. The Bertz CT molecular complexity index is 910. The maximum absolute atomic E-state index is 12.4. The average molecular weight is 417 g/mol. The molecule has 2 amide bonds. The molecule has 1 unspecified atom stereocenters. The van der Waals surface area contributed by atoms with E-state index in [0.29, 0.717) is 21.3 Å². The van der Waals surface area contributed by atoms with Gasteiger partial charge in [0.25, 0.3) is 5.91 Å². The summed E-state index contributed by atoms with van der Waals surface area (Å²) in [6, 6.07) is 18.0. The van der Waals surface area contributed by atoms with Crippen molar-refractivity contribution in [2.45, 2.75) is 17.1 Å². The Morgan fingerprint density at radius 2 is 1.59 bits per heavy atom. The molecule has 2 N–H and O–H groups in total. The van der Waals surface area contributed by atoms with Crippen molar-refractivity contribution in [3.8, 4) is 0 Å². The normalized spacial score (nSPS) is 11.6. The third-order valence-electron chi connectivity index (χ3n) is 3.65. The summed E-state index contributed by atoms with van der Waals surface area (Å²) in [5.41, 5.74) is 1.35. The third kappa shape index (κ3) is 5.60. The molecule has 3 rings (SSSR count). The Morgan fingerprint density at radius 1 is 0.963 bits per heavy atom. The summed E-state index contributed by atoms with van der Waals surface area (Å²) in [6.45, 7) is 1.85. The van der Waals surface area contributed by atoms with Gasteiger partial charge in [0.2, 0.25) is 5.91 Å². The lowest BCUT2D eigenvalue weighted by atomic mass is 10.2. The number of carbonyl (C=O) groups is 2. The molecule has 0 aliphatic heterocycles. The standard InChI is InChI=1S/C20H17ClN2O2S2/c1-13(27-17-10-4-14(21)5-11-17)19(24)22-15-6-8-16(9-7-15)23-20(25)18-3-2-12-26-18/h2-13H,1H3,(H,22,24)(H,23,25). The number of halogens is 1. The molecule has 0 saturated heterocycles. The molecule has 1 atom stereocenters. The van der Waals surface area contributed by atoms with E-state index in [0.717, 1.165) is 4.90 Å². The molecule has 1 aromatic heterocycles. The summed E-state index contributed by atoms with van der Waals surface area (Å²) < 4.78 is 0. The molecular formula is C20H17ClN2O2S2.